The molecule has 6 nitrogen and oxygen atoms in total. The van der Waals surface area contributed by atoms with Gasteiger partial charge in [-0.15, -0.1) is 0 Å². The van der Waals surface area contributed by atoms with Crippen LogP contribution in [0.4, 0.5) is 5.82 Å². The Morgan fingerprint density at radius 1 is 1.45 bits per heavy atom. The molecule has 1 heterocycles. The summed E-state index contributed by atoms with van der Waals surface area (Å²) in [6, 6.07) is 1.84. The van der Waals surface area contributed by atoms with E-state index in [1.54, 1.807) is 12.3 Å². The van der Waals surface area contributed by atoms with Gasteiger partial charge in [-0.3, -0.25) is 4.79 Å². The summed E-state index contributed by atoms with van der Waals surface area (Å²) in [7, 11) is 0. The van der Waals surface area contributed by atoms with Gasteiger partial charge in [0.05, 0.1) is 5.56 Å². The largest absolute Gasteiger partial charge is 0.396 e. The zero-order chi connectivity index (χ0) is 14.5. The van der Waals surface area contributed by atoms with Gasteiger partial charge >= 0.3 is 0 Å². The van der Waals surface area contributed by atoms with E-state index in [9.17, 15) is 4.79 Å². The number of halogens is 1. The number of rotatable bonds is 4. The summed E-state index contributed by atoms with van der Waals surface area (Å²) >= 11 is 3.30. The molecule has 0 radical (unpaired) electrons. The zero-order valence-corrected chi connectivity index (χ0v) is 12.7. The van der Waals surface area contributed by atoms with Crippen molar-refractivity contribution in [2.24, 2.45) is 11.8 Å². The highest BCUT2D eigenvalue weighted by Gasteiger charge is 2.23. The third-order valence-corrected chi connectivity index (χ3v) is 4.11. The highest BCUT2D eigenvalue weighted by Crippen LogP contribution is 2.24. The molecule has 5 N–H and O–H groups in total. The first-order chi connectivity index (χ1) is 9.63. The average Bonchev–Trinajstić information content (AvgIpc) is 2.48. The number of hydrogen-bond acceptors (Lipinski definition) is 5. The Balaban J connectivity index is 2.00. The Bertz CT molecular complexity index is 475. The van der Waals surface area contributed by atoms with Crippen LogP contribution in [0.2, 0.25) is 0 Å². The van der Waals surface area contributed by atoms with Gasteiger partial charge in [0, 0.05) is 23.3 Å². The lowest BCUT2D eigenvalue weighted by Crippen LogP contribution is -2.38. The molecule has 0 unspecified atom stereocenters. The number of aliphatic hydroxyl groups excluding tert-OH is 1. The first kappa shape index (κ1) is 15.2. The molecule has 1 aromatic heterocycles. The van der Waals surface area contributed by atoms with Crippen LogP contribution in [0.25, 0.3) is 0 Å². The molecule has 1 aromatic rings. The summed E-state index contributed by atoms with van der Waals surface area (Å²) in [5, 5.41) is 12.1. The summed E-state index contributed by atoms with van der Waals surface area (Å²) < 4.78 is 0.727. The summed E-state index contributed by atoms with van der Waals surface area (Å²) in [4.78, 5) is 16.3. The average molecular weight is 343 g/mol. The highest BCUT2D eigenvalue weighted by atomic mass is 79.9. The van der Waals surface area contributed by atoms with Gasteiger partial charge in [0.1, 0.15) is 0 Å². The number of aromatic nitrogens is 1. The van der Waals surface area contributed by atoms with E-state index in [0.717, 1.165) is 30.2 Å². The third-order valence-electron chi connectivity index (χ3n) is 3.68. The summed E-state index contributed by atoms with van der Waals surface area (Å²) in [6.07, 6.45) is 5.26. The van der Waals surface area contributed by atoms with Gasteiger partial charge in [-0.25, -0.2) is 10.8 Å². The molecule has 1 aliphatic carbocycles. The van der Waals surface area contributed by atoms with Crippen molar-refractivity contribution in [1.82, 2.24) is 10.3 Å². The number of nitrogens with zero attached hydrogens (tertiary/aromatic N) is 1. The molecule has 20 heavy (non-hydrogen) atoms. The number of carbonyl (C=O) groups excluding carboxylic acids is 1. The minimum atomic E-state index is -0.181. The number of nitrogens with one attached hydrogen (secondary N) is 2. The van der Waals surface area contributed by atoms with Gasteiger partial charge in [0.2, 0.25) is 0 Å². The molecule has 110 valence electrons. The molecular weight excluding hydrogens is 324 g/mol. The maximum atomic E-state index is 12.3. The summed E-state index contributed by atoms with van der Waals surface area (Å²) in [5.41, 5.74) is 2.85. The number of pyridine rings is 1. The van der Waals surface area contributed by atoms with E-state index in [1.165, 1.54) is 0 Å². The molecule has 0 bridgehead atoms. The van der Waals surface area contributed by atoms with Crippen molar-refractivity contribution in [3.8, 4) is 0 Å². The molecular formula is C13H19BrN4O2. The number of anilines is 1. The van der Waals surface area contributed by atoms with Crippen LogP contribution in [0.5, 0.6) is 0 Å². The van der Waals surface area contributed by atoms with Gasteiger partial charge in [0.25, 0.3) is 5.91 Å². The monoisotopic (exact) mass is 342 g/mol. The fourth-order valence-electron chi connectivity index (χ4n) is 2.48. The molecule has 7 heteroatoms. The van der Waals surface area contributed by atoms with Crippen LogP contribution in [0.15, 0.2) is 16.7 Å². The third kappa shape index (κ3) is 3.68. The fourth-order valence-corrected chi connectivity index (χ4v) is 2.81. The number of nitrogen functional groups attached to an aromatic ring is 1. The Kier molecular flexibility index (Phi) is 5.33. The van der Waals surface area contributed by atoms with Gasteiger partial charge in [0.15, 0.2) is 5.82 Å². The molecule has 1 saturated carbocycles. The van der Waals surface area contributed by atoms with Crippen LogP contribution in [0, 0.1) is 5.92 Å². The normalized spacial score (nSPS) is 22.4. The van der Waals surface area contributed by atoms with Crippen molar-refractivity contribution in [1.29, 1.82) is 0 Å². The number of hydrogen-bond donors (Lipinski definition) is 4. The van der Waals surface area contributed by atoms with E-state index in [0.29, 0.717) is 17.3 Å². The van der Waals surface area contributed by atoms with E-state index in [4.69, 9.17) is 10.9 Å². The molecule has 1 fully saturated rings. The minimum Gasteiger partial charge on any atom is -0.396 e. The van der Waals surface area contributed by atoms with Crippen molar-refractivity contribution in [3.63, 3.8) is 0 Å². The summed E-state index contributed by atoms with van der Waals surface area (Å²) in [5.74, 6) is 5.92. The van der Waals surface area contributed by atoms with Crippen LogP contribution in [-0.2, 0) is 0 Å². The van der Waals surface area contributed by atoms with Crippen molar-refractivity contribution in [3.05, 3.63) is 22.3 Å². The molecule has 0 atom stereocenters. The van der Waals surface area contributed by atoms with Crippen molar-refractivity contribution >= 4 is 27.7 Å². The van der Waals surface area contributed by atoms with E-state index in [2.05, 4.69) is 31.7 Å². The lowest BCUT2D eigenvalue weighted by atomic mass is 9.86. The van der Waals surface area contributed by atoms with Gasteiger partial charge in [-0.1, -0.05) is 0 Å². The lowest BCUT2D eigenvalue weighted by Gasteiger charge is -2.28. The summed E-state index contributed by atoms with van der Waals surface area (Å²) in [6.45, 7) is 0.234. The quantitative estimate of drug-likeness (QED) is 0.489. The van der Waals surface area contributed by atoms with E-state index < -0.39 is 0 Å². The zero-order valence-electron chi connectivity index (χ0n) is 11.1. The number of nitrogens with two attached hydrogens (primary N) is 1. The molecule has 0 saturated heterocycles. The maximum Gasteiger partial charge on any atom is 0.255 e. The Labute approximate surface area is 126 Å². The van der Waals surface area contributed by atoms with Crippen LogP contribution in [-0.4, -0.2) is 28.6 Å². The molecule has 0 aromatic carbocycles. The van der Waals surface area contributed by atoms with Crippen LogP contribution < -0.4 is 16.6 Å². The number of carbonyl (C=O) groups is 1. The van der Waals surface area contributed by atoms with Crippen molar-refractivity contribution < 1.29 is 9.90 Å². The molecule has 2 rings (SSSR count). The minimum absolute atomic E-state index is 0.148. The second-order valence-electron chi connectivity index (χ2n) is 5.07. The van der Waals surface area contributed by atoms with E-state index >= 15 is 0 Å². The van der Waals surface area contributed by atoms with Crippen LogP contribution in [0.3, 0.4) is 0 Å². The lowest BCUT2D eigenvalue weighted by molar-refractivity contribution is 0.0914. The maximum absolute atomic E-state index is 12.3. The standard InChI is InChI=1S/C13H19BrN4O2/c14-9-5-11(12(18-15)16-6-9)13(20)17-10-3-1-8(7-19)2-4-10/h5-6,8,10,19H,1-4,7,15H2,(H,16,18)(H,17,20). The Morgan fingerprint density at radius 3 is 2.75 bits per heavy atom. The Morgan fingerprint density at radius 2 is 2.15 bits per heavy atom. The topological polar surface area (TPSA) is 100 Å². The second-order valence-corrected chi connectivity index (χ2v) is 5.98. The van der Waals surface area contributed by atoms with E-state index in [1.807, 2.05) is 0 Å². The van der Waals surface area contributed by atoms with Gasteiger partial charge < -0.3 is 15.8 Å². The van der Waals surface area contributed by atoms with Crippen molar-refractivity contribution in [2.45, 2.75) is 31.7 Å². The van der Waals surface area contributed by atoms with Crippen molar-refractivity contribution in [2.75, 3.05) is 12.0 Å². The predicted octanol–water partition coefficient (Wildman–Crippen LogP) is 1.41. The first-order valence-electron chi connectivity index (χ1n) is 6.68. The van der Waals surface area contributed by atoms with Crippen LogP contribution in [0.1, 0.15) is 36.0 Å². The van der Waals surface area contributed by atoms with Gasteiger partial charge in [-0.05, 0) is 53.6 Å². The molecule has 1 aliphatic rings. The van der Waals surface area contributed by atoms with Crippen LogP contribution >= 0.6 is 15.9 Å². The van der Waals surface area contributed by atoms with Gasteiger partial charge in [-0.2, -0.15) is 0 Å². The molecule has 0 aliphatic heterocycles. The molecule has 0 spiro atoms. The smallest absolute Gasteiger partial charge is 0.255 e. The number of hydrazine groups is 1. The first-order valence-corrected chi connectivity index (χ1v) is 7.47. The molecule has 1 amide bonds. The predicted molar refractivity (Wildman–Crippen MR) is 80.0 cm³/mol. The Hall–Kier alpha value is -1.18. The number of aliphatic hydroxyl groups is 1. The number of amides is 1. The van der Waals surface area contributed by atoms with E-state index in [-0.39, 0.29) is 18.6 Å². The SMILES string of the molecule is NNc1ncc(Br)cc1C(=O)NC1CCC(CO)CC1. The second kappa shape index (κ2) is 7.01. The fraction of sp³-hybridized carbons (Fsp3) is 0.538. The highest BCUT2D eigenvalue weighted by molar-refractivity contribution is 9.10.